The maximum absolute atomic E-state index is 6.34. The van der Waals surface area contributed by atoms with Crippen molar-refractivity contribution in [3.8, 4) is 0 Å². The molecule has 20 heavy (non-hydrogen) atoms. The summed E-state index contributed by atoms with van der Waals surface area (Å²) in [6.45, 7) is 12.2. The summed E-state index contributed by atoms with van der Waals surface area (Å²) in [4.78, 5) is 0. The van der Waals surface area contributed by atoms with Crippen molar-refractivity contribution >= 4 is 23.2 Å². The highest BCUT2D eigenvalue weighted by molar-refractivity contribution is 6.33. The van der Waals surface area contributed by atoms with E-state index in [0.29, 0.717) is 11.3 Å². The lowest BCUT2D eigenvalue weighted by molar-refractivity contribution is 0.276. The maximum atomic E-state index is 6.34. The van der Waals surface area contributed by atoms with Crippen molar-refractivity contribution in [3.05, 3.63) is 33.8 Å². The fourth-order valence-electron chi connectivity index (χ4n) is 2.88. The van der Waals surface area contributed by atoms with E-state index in [9.17, 15) is 0 Å². The normalized spacial score (nSPS) is 15.2. The minimum atomic E-state index is 0.267. The van der Waals surface area contributed by atoms with Gasteiger partial charge in [0.15, 0.2) is 0 Å². The van der Waals surface area contributed by atoms with Gasteiger partial charge in [-0.1, -0.05) is 57.8 Å². The molecule has 2 unspecified atom stereocenters. The molecule has 1 nitrogen and oxygen atoms in total. The molecule has 0 bridgehead atoms. The molecule has 0 aliphatic heterocycles. The molecule has 0 radical (unpaired) electrons. The Labute approximate surface area is 134 Å². The van der Waals surface area contributed by atoms with Gasteiger partial charge in [-0.05, 0) is 54.5 Å². The van der Waals surface area contributed by atoms with Crippen molar-refractivity contribution in [1.82, 2.24) is 5.32 Å². The summed E-state index contributed by atoms with van der Waals surface area (Å²) < 4.78 is 0. The number of hydrogen-bond donors (Lipinski definition) is 1. The molecule has 3 heteroatoms. The molecule has 0 aromatic heterocycles. The number of rotatable bonds is 6. The van der Waals surface area contributed by atoms with Crippen LogP contribution in [-0.4, -0.2) is 6.54 Å². The SMILES string of the molecule is CCNC(CC(C)CC(C)(C)C)c1cc(Cl)ccc1Cl. The molecule has 114 valence electrons. The quantitative estimate of drug-likeness (QED) is 0.668. The third-order valence-corrected chi connectivity index (χ3v) is 3.96. The Balaban J connectivity index is 2.86. The minimum Gasteiger partial charge on any atom is -0.310 e. The van der Waals surface area contributed by atoms with E-state index in [1.807, 2.05) is 18.2 Å². The van der Waals surface area contributed by atoms with Crippen LogP contribution in [0.25, 0.3) is 0 Å². The van der Waals surface area contributed by atoms with Crippen LogP contribution in [0, 0.1) is 11.3 Å². The zero-order valence-corrected chi connectivity index (χ0v) is 14.8. The van der Waals surface area contributed by atoms with Gasteiger partial charge in [-0.15, -0.1) is 0 Å². The first kappa shape index (κ1) is 17.8. The van der Waals surface area contributed by atoms with Gasteiger partial charge in [0.2, 0.25) is 0 Å². The second kappa shape index (κ2) is 7.68. The first-order chi connectivity index (χ1) is 9.23. The van der Waals surface area contributed by atoms with Gasteiger partial charge >= 0.3 is 0 Å². The van der Waals surface area contributed by atoms with Crippen LogP contribution in [-0.2, 0) is 0 Å². The van der Waals surface area contributed by atoms with Crippen LogP contribution in [0.2, 0.25) is 10.0 Å². The number of hydrogen-bond acceptors (Lipinski definition) is 1. The van der Waals surface area contributed by atoms with Gasteiger partial charge < -0.3 is 5.32 Å². The highest BCUT2D eigenvalue weighted by atomic mass is 35.5. The van der Waals surface area contributed by atoms with Gasteiger partial charge in [-0.3, -0.25) is 0 Å². The van der Waals surface area contributed by atoms with Crippen LogP contribution in [0.15, 0.2) is 18.2 Å². The molecule has 1 aromatic rings. The van der Waals surface area contributed by atoms with Gasteiger partial charge in [0.1, 0.15) is 0 Å². The van der Waals surface area contributed by atoms with Crippen LogP contribution in [0.4, 0.5) is 0 Å². The van der Waals surface area contributed by atoms with Crippen molar-refractivity contribution in [2.24, 2.45) is 11.3 Å². The Morgan fingerprint density at radius 2 is 1.85 bits per heavy atom. The first-order valence-corrected chi connectivity index (χ1v) is 8.17. The number of nitrogens with one attached hydrogen (secondary N) is 1. The van der Waals surface area contributed by atoms with Crippen LogP contribution in [0.3, 0.4) is 0 Å². The molecule has 0 fully saturated rings. The van der Waals surface area contributed by atoms with Crippen molar-refractivity contribution in [1.29, 1.82) is 0 Å². The van der Waals surface area contributed by atoms with Gasteiger partial charge in [0.25, 0.3) is 0 Å². The van der Waals surface area contributed by atoms with Gasteiger partial charge in [0, 0.05) is 16.1 Å². The molecule has 0 heterocycles. The monoisotopic (exact) mass is 315 g/mol. The summed E-state index contributed by atoms with van der Waals surface area (Å²) in [6, 6.07) is 5.98. The zero-order valence-electron chi connectivity index (χ0n) is 13.3. The highest BCUT2D eigenvalue weighted by Crippen LogP contribution is 2.34. The molecule has 0 aliphatic rings. The Hall–Kier alpha value is -0.240. The van der Waals surface area contributed by atoms with E-state index < -0.39 is 0 Å². The molecule has 1 N–H and O–H groups in total. The molecular formula is C17H27Cl2N. The third-order valence-electron chi connectivity index (χ3n) is 3.38. The van der Waals surface area contributed by atoms with Crippen molar-refractivity contribution in [2.45, 2.75) is 53.5 Å². The van der Waals surface area contributed by atoms with Crippen molar-refractivity contribution < 1.29 is 0 Å². The van der Waals surface area contributed by atoms with Crippen LogP contribution < -0.4 is 5.32 Å². The smallest absolute Gasteiger partial charge is 0.0454 e. The summed E-state index contributed by atoms with van der Waals surface area (Å²) >= 11 is 12.5. The fourth-order valence-corrected chi connectivity index (χ4v) is 3.31. The molecule has 1 rings (SSSR count). The molecule has 0 amide bonds. The van der Waals surface area contributed by atoms with E-state index in [-0.39, 0.29) is 6.04 Å². The predicted molar refractivity (Wildman–Crippen MR) is 90.7 cm³/mol. The average Bonchev–Trinajstić information content (AvgIpc) is 2.29. The molecule has 1 aromatic carbocycles. The van der Waals surface area contributed by atoms with E-state index >= 15 is 0 Å². The predicted octanol–water partition coefficient (Wildman–Crippen LogP) is 6.11. The van der Waals surface area contributed by atoms with Gasteiger partial charge in [-0.25, -0.2) is 0 Å². The van der Waals surface area contributed by atoms with Gasteiger partial charge in [0.05, 0.1) is 0 Å². The summed E-state index contributed by atoms with van der Waals surface area (Å²) in [7, 11) is 0. The van der Waals surface area contributed by atoms with E-state index in [4.69, 9.17) is 23.2 Å². The Bertz CT molecular complexity index is 423. The number of benzene rings is 1. The molecule has 0 saturated carbocycles. The van der Waals surface area contributed by atoms with E-state index in [1.165, 1.54) is 6.42 Å². The summed E-state index contributed by atoms with van der Waals surface area (Å²) in [5.41, 5.74) is 1.47. The molecule has 0 spiro atoms. The third kappa shape index (κ3) is 6.03. The highest BCUT2D eigenvalue weighted by Gasteiger charge is 2.21. The maximum Gasteiger partial charge on any atom is 0.0454 e. The molecular weight excluding hydrogens is 289 g/mol. The van der Waals surface area contributed by atoms with Crippen LogP contribution in [0.5, 0.6) is 0 Å². The van der Waals surface area contributed by atoms with E-state index in [2.05, 4.69) is 39.9 Å². The van der Waals surface area contributed by atoms with Crippen LogP contribution in [0.1, 0.15) is 59.1 Å². The van der Waals surface area contributed by atoms with E-state index in [0.717, 1.165) is 28.6 Å². The summed E-state index contributed by atoms with van der Waals surface area (Å²) in [5, 5.41) is 5.08. The van der Waals surface area contributed by atoms with E-state index in [1.54, 1.807) is 0 Å². The number of halogens is 2. The largest absolute Gasteiger partial charge is 0.310 e. The lowest BCUT2D eigenvalue weighted by Gasteiger charge is -2.28. The lowest BCUT2D eigenvalue weighted by atomic mass is 9.82. The molecule has 2 atom stereocenters. The van der Waals surface area contributed by atoms with Crippen molar-refractivity contribution in [3.63, 3.8) is 0 Å². The van der Waals surface area contributed by atoms with Crippen molar-refractivity contribution in [2.75, 3.05) is 6.54 Å². The second-order valence-corrected chi connectivity index (χ2v) is 7.73. The Kier molecular flexibility index (Phi) is 6.84. The van der Waals surface area contributed by atoms with Crippen LogP contribution >= 0.6 is 23.2 Å². The lowest BCUT2D eigenvalue weighted by Crippen LogP contribution is -2.24. The zero-order chi connectivity index (χ0) is 15.3. The Morgan fingerprint density at radius 1 is 1.20 bits per heavy atom. The minimum absolute atomic E-state index is 0.267. The molecule has 0 saturated heterocycles. The topological polar surface area (TPSA) is 12.0 Å². The first-order valence-electron chi connectivity index (χ1n) is 7.41. The summed E-state index contributed by atoms with van der Waals surface area (Å²) in [5.74, 6) is 0.633. The average molecular weight is 316 g/mol. The second-order valence-electron chi connectivity index (χ2n) is 6.88. The molecule has 0 aliphatic carbocycles. The summed E-state index contributed by atoms with van der Waals surface area (Å²) in [6.07, 6.45) is 2.28. The standard InChI is InChI=1S/C17H27Cl2N/c1-6-20-16(9-12(2)11-17(3,4)5)14-10-13(18)7-8-15(14)19/h7-8,10,12,16,20H,6,9,11H2,1-5H3. The fraction of sp³-hybridized carbons (Fsp3) is 0.647. The Morgan fingerprint density at radius 3 is 2.40 bits per heavy atom. The van der Waals surface area contributed by atoms with Gasteiger partial charge in [-0.2, -0.15) is 0 Å².